The van der Waals surface area contributed by atoms with E-state index < -0.39 is 0 Å². The smallest absolute Gasteiger partial charge is 0.221 e. The van der Waals surface area contributed by atoms with Crippen molar-refractivity contribution in [2.24, 2.45) is 0 Å². The first-order valence-corrected chi connectivity index (χ1v) is 8.05. The molecule has 0 radical (unpaired) electrons. The Kier molecular flexibility index (Phi) is 5.51. The minimum Gasteiger partial charge on any atom is -0.466 e. The van der Waals surface area contributed by atoms with Crippen LogP contribution >= 0.6 is 11.8 Å². The van der Waals surface area contributed by atoms with Gasteiger partial charge in [-0.1, -0.05) is 17.7 Å². The van der Waals surface area contributed by atoms with Crippen molar-refractivity contribution in [3.05, 3.63) is 53.0 Å². The minimum atomic E-state index is 0.0767. The van der Waals surface area contributed by atoms with Crippen LogP contribution in [0.5, 0.6) is 0 Å². The topological polar surface area (TPSA) is 42.2 Å². The molecular weight excluding hydrogens is 282 g/mol. The van der Waals surface area contributed by atoms with Crippen LogP contribution in [0.2, 0.25) is 0 Å². The fraction of sp³-hybridized carbons (Fsp3) is 0.353. The van der Waals surface area contributed by atoms with E-state index in [4.69, 9.17) is 4.42 Å². The Bertz CT molecular complexity index is 602. The second kappa shape index (κ2) is 7.36. The van der Waals surface area contributed by atoms with Gasteiger partial charge in [-0.15, -0.1) is 11.8 Å². The van der Waals surface area contributed by atoms with E-state index in [0.29, 0.717) is 13.0 Å². The third-order valence-corrected chi connectivity index (χ3v) is 4.25. The summed E-state index contributed by atoms with van der Waals surface area (Å²) in [4.78, 5) is 13.0. The van der Waals surface area contributed by atoms with Gasteiger partial charge in [0, 0.05) is 29.2 Å². The number of hydrogen-bond donors (Lipinski definition) is 1. The zero-order valence-electron chi connectivity index (χ0n) is 12.7. The van der Waals surface area contributed by atoms with Gasteiger partial charge in [-0.25, -0.2) is 0 Å². The summed E-state index contributed by atoms with van der Waals surface area (Å²) < 4.78 is 5.44. The highest BCUT2D eigenvalue weighted by Crippen LogP contribution is 2.19. The number of aryl methyl sites for hydroxylation is 3. The Morgan fingerprint density at radius 1 is 1.19 bits per heavy atom. The maximum absolute atomic E-state index is 11.8. The summed E-state index contributed by atoms with van der Waals surface area (Å²) in [6.07, 6.45) is 0.522. The molecule has 0 spiro atoms. The molecule has 4 heteroatoms. The maximum atomic E-state index is 11.8. The Morgan fingerprint density at radius 2 is 1.90 bits per heavy atom. The Hall–Kier alpha value is -1.68. The van der Waals surface area contributed by atoms with E-state index in [1.807, 2.05) is 19.9 Å². The van der Waals surface area contributed by atoms with Gasteiger partial charge in [0.15, 0.2) is 0 Å². The molecule has 3 nitrogen and oxygen atoms in total. The summed E-state index contributed by atoms with van der Waals surface area (Å²) in [6, 6.07) is 10.3. The van der Waals surface area contributed by atoms with E-state index in [1.165, 1.54) is 10.5 Å². The van der Waals surface area contributed by atoms with Crippen molar-refractivity contribution < 1.29 is 9.21 Å². The van der Waals surface area contributed by atoms with Gasteiger partial charge in [-0.3, -0.25) is 4.79 Å². The van der Waals surface area contributed by atoms with Crippen molar-refractivity contribution in [2.45, 2.75) is 38.6 Å². The molecule has 0 bridgehead atoms. The SMILES string of the molecule is Cc1ccc(SCCC(=O)NCc2cc(C)oc2C)cc1. The number of amides is 1. The average Bonchev–Trinajstić information content (AvgIpc) is 2.77. The van der Waals surface area contributed by atoms with Crippen LogP contribution in [-0.2, 0) is 11.3 Å². The molecule has 0 fully saturated rings. The van der Waals surface area contributed by atoms with Crippen molar-refractivity contribution in [2.75, 3.05) is 5.75 Å². The predicted molar refractivity (Wildman–Crippen MR) is 86.5 cm³/mol. The highest BCUT2D eigenvalue weighted by Gasteiger charge is 2.07. The zero-order valence-corrected chi connectivity index (χ0v) is 13.5. The molecule has 0 aliphatic rings. The van der Waals surface area contributed by atoms with Crippen molar-refractivity contribution in [3.63, 3.8) is 0 Å². The number of nitrogens with one attached hydrogen (secondary N) is 1. The largest absolute Gasteiger partial charge is 0.466 e. The molecular formula is C17H21NO2S. The monoisotopic (exact) mass is 303 g/mol. The molecule has 21 heavy (non-hydrogen) atoms. The zero-order chi connectivity index (χ0) is 15.2. The molecule has 112 valence electrons. The molecule has 1 amide bonds. The van der Waals surface area contributed by atoms with Crippen molar-refractivity contribution in [1.82, 2.24) is 5.32 Å². The minimum absolute atomic E-state index is 0.0767. The number of carbonyl (C=O) groups is 1. The van der Waals surface area contributed by atoms with Crippen LogP contribution in [0.1, 0.15) is 29.1 Å². The lowest BCUT2D eigenvalue weighted by Crippen LogP contribution is -2.23. The van der Waals surface area contributed by atoms with Crippen LogP contribution in [0.3, 0.4) is 0 Å². The average molecular weight is 303 g/mol. The number of carbonyl (C=O) groups excluding carboxylic acids is 1. The normalized spacial score (nSPS) is 10.6. The van der Waals surface area contributed by atoms with Crippen LogP contribution in [0, 0.1) is 20.8 Å². The Balaban J connectivity index is 1.70. The maximum Gasteiger partial charge on any atom is 0.221 e. The van der Waals surface area contributed by atoms with E-state index in [2.05, 4.69) is 36.5 Å². The van der Waals surface area contributed by atoms with E-state index >= 15 is 0 Å². The third kappa shape index (κ3) is 4.97. The Labute approximate surface area is 130 Å². The van der Waals surface area contributed by atoms with Crippen molar-refractivity contribution >= 4 is 17.7 Å². The van der Waals surface area contributed by atoms with Gasteiger partial charge >= 0.3 is 0 Å². The second-order valence-corrected chi connectivity index (χ2v) is 6.30. The Morgan fingerprint density at radius 3 is 2.52 bits per heavy atom. The number of benzene rings is 1. The number of thioether (sulfide) groups is 1. The molecule has 0 atom stereocenters. The summed E-state index contributed by atoms with van der Waals surface area (Å²) >= 11 is 1.71. The van der Waals surface area contributed by atoms with Crippen LogP contribution < -0.4 is 5.32 Å². The molecule has 1 N–H and O–H groups in total. The van der Waals surface area contributed by atoms with Crippen molar-refractivity contribution in [1.29, 1.82) is 0 Å². The lowest BCUT2D eigenvalue weighted by molar-refractivity contribution is -0.120. The van der Waals surface area contributed by atoms with Gasteiger partial charge in [-0.2, -0.15) is 0 Å². The lowest BCUT2D eigenvalue weighted by Gasteiger charge is -2.05. The number of hydrogen-bond acceptors (Lipinski definition) is 3. The highest BCUT2D eigenvalue weighted by atomic mass is 32.2. The van der Waals surface area contributed by atoms with Gasteiger partial charge in [0.1, 0.15) is 11.5 Å². The van der Waals surface area contributed by atoms with E-state index in [1.54, 1.807) is 11.8 Å². The summed E-state index contributed by atoms with van der Waals surface area (Å²) in [6.45, 7) is 6.44. The van der Waals surface area contributed by atoms with Gasteiger partial charge in [0.2, 0.25) is 5.91 Å². The molecule has 2 aromatic rings. The quantitative estimate of drug-likeness (QED) is 0.820. The third-order valence-electron chi connectivity index (χ3n) is 3.24. The van der Waals surface area contributed by atoms with E-state index in [9.17, 15) is 4.79 Å². The molecule has 0 aliphatic carbocycles. The van der Waals surface area contributed by atoms with Gasteiger partial charge < -0.3 is 9.73 Å². The van der Waals surface area contributed by atoms with Crippen LogP contribution in [0.25, 0.3) is 0 Å². The summed E-state index contributed by atoms with van der Waals surface area (Å²) in [5.41, 5.74) is 2.30. The molecule has 0 saturated heterocycles. The summed E-state index contributed by atoms with van der Waals surface area (Å²) in [7, 11) is 0. The van der Waals surface area contributed by atoms with Crippen LogP contribution in [0.4, 0.5) is 0 Å². The van der Waals surface area contributed by atoms with E-state index in [-0.39, 0.29) is 5.91 Å². The lowest BCUT2D eigenvalue weighted by atomic mass is 10.2. The standard InChI is InChI=1S/C17H21NO2S/c1-12-4-6-16(7-5-12)21-9-8-17(19)18-11-15-10-13(2)20-14(15)3/h4-7,10H,8-9,11H2,1-3H3,(H,18,19). The summed E-state index contributed by atoms with van der Waals surface area (Å²) in [5.74, 6) is 2.62. The molecule has 2 rings (SSSR count). The molecule has 0 unspecified atom stereocenters. The molecule has 1 heterocycles. The first-order chi connectivity index (χ1) is 10.0. The molecule has 1 aromatic carbocycles. The van der Waals surface area contributed by atoms with Gasteiger partial charge in [0.25, 0.3) is 0 Å². The molecule has 1 aromatic heterocycles. The van der Waals surface area contributed by atoms with Crippen molar-refractivity contribution in [3.8, 4) is 0 Å². The highest BCUT2D eigenvalue weighted by molar-refractivity contribution is 7.99. The first kappa shape index (κ1) is 15.7. The fourth-order valence-electron chi connectivity index (χ4n) is 2.04. The van der Waals surface area contributed by atoms with Gasteiger partial charge in [0.05, 0.1) is 0 Å². The molecule has 0 aliphatic heterocycles. The fourth-order valence-corrected chi connectivity index (χ4v) is 2.89. The first-order valence-electron chi connectivity index (χ1n) is 7.06. The number of furan rings is 1. The van der Waals surface area contributed by atoms with Crippen LogP contribution in [-0.4, -0.2) is 11.7 Å². The second-order valence-electron chi connectivity index (χ2n) is 5.13. The summed E-state index contributed by atoms with van der Waals surface area (Å²) in [5, 5.41) is 2.94. The molecule has 0 saturated carbocycles. The van der Waals surface area contributed by atoms with Gasteiger partial charge in [-0.05, 0) is 39.0 Å². The predicted octanol–water partition coefficient (Wildman–Crippen LogP) is 4.00. The number of rotatable bonds is 6. The van der Waals surface area contributed by atoms with Crippen LogP contribution in [0.15, 0.2) is 39.6 Å². The van der Waals surface area contributed by atoms with E-state index in [0.717, 1.165) is 22.8 Å².